The normalized spacial score (nSPS) is 14.2. The minimum atomic E-state index is -0.307. The van der Waals surface area contributed by atoms with Crippen LogP contribution in [0.1, 0.15) is 47.6 Å². The Morgan fingerprint density at radius 3 is 2.36 bits per heavy atom. The van der Waals surface area contributed by atoms with Crippen molar-refractivity contribution >= 4 is 40.3 Å². The molecule has 0 bridgehead atoms. The van der Waals surface area contributed by atoms with Crippen molar-refractivity contribution in [2.75, 3.05) is 0 Å². The highest BCUT2D eigenvalue weighted by Gasteiger charge is 2.24. The molecular weight excluding hydrogens is 352 g/mol. The third kappa shape index (κ3) is 5.54. The summed E-state index contributed by atoms with van der Waals surface area (Å²) < 4.78 is 0. The van der Waals surface area contributed by atoms with E-state index >= 15 is 0 Å². The number of aryl methyl sites for hydroxylation is 2. The minimum Gasteiger partial charge on any atom is -0.295 e. The number of hydrogen-bond donors (Lipinski definition) is 0. The van der Waals surface area contributed by atoms with E-state index in [0.717, 1.165) is 21.4 Å². The molecule has 0 N–H and O–H groups in total. The Hall–Kier alpha value is -1.92. The van der Waals surface area contributed by atoms with Crippen LogP contribution in [0, 0.1) is 19.8 Å². The van der Waals surface area contributed by atoms with Gasteiger partial charge in [-0.25, -0.2) is 9.97 Å². The average Bonchev–Trinajstić information content (AvgIpc) is 3.20. The van der Waals surface area contributed by atoms with E-state index in [4.69, 9.17) is 0 Å². The van der Waals surface area contributed by atoms with Crippen molar-refractivity contribution in [2.45, 2.75) is 40.0 Å². The number of carbonyl (C=O) groups is 2. The van der Waals surface area contributed by atoms with Crippen LogP contribution in [0.15, 0.2) is 29.0 Å². The first-order valence-corrected chi connectivity index (χ1v) is 9.93. The third-order valence-corrected chi connectivity index (χ3v) is 5.44. The maximum atomic E-state index is 12.6. The molecule has 2 unspecified atom stereocenters. The lowest BCUT2D eigenvalue weighted by Gasteiger charge is -2.16. The third-order valence-electron chi connectivity index (χ3n) is 3.86. The summed E-state index contributed by atoms with van der Waals surface area (Å²) in [5.41, 5.74) is 1.63. The number of aromatic nitrogens is 2. The monoisotopic (exact) mass is 374 g/mol. The Labute approximate surface area is 156 Å². The Bertz CT molecular complexity index is 802. The quantitative estimate of drug-likeness (QED) is 0.625. The lowest BCUT2D eigenvalue weighted by Crippen LogP contribution is -2.17. The lowest BCUT2D eigenvalue weighted by molar-refractivity contribution is -0.118. The molecule has 0 radical (unpaired) electrons. The van der Waals surface area contributed by atoms with Crippen molar-refractivity contribution in [1.82, 2.24) is 9.97 Å². The highest BCUT2D eigenvalue weighted by molar-refractivity contribution is 7.09. The van der Waals surface area contributed by atoms with Crippen molar-refractivity contribution in [2.24, 2.45) is 5.92 Å². The first-order valence-electron chi connectivity index (χ1n) is 8.17. The van der Waals surface area contributed by atoms with Gasteiger partial charge in [-0.05, 0) is 32.1 Å². The van der Waals surface area contributed by atoms with Crippen LogP contribution < -0.4 is 0 Å². The molecule has 6 heteroatoms. The van der Waals surface area contributed by atoms with Gasteiger partial charge >= 0.3 is 0 Å². The van der Waals surface area contributed by atoms with Crippen LogP contribution in [0.4, 0.5) is 0 Å². The summed E-state index contributed by atoms with van der Waals surface area (Å²) in [5, 5.41) is 5.79. The van der Waals surface area contributed by atoms with Gasteiger partial charge in [0.15, 0.2) is 11.6 Å². The predicted molar refractivity (Wildman–Crippen MR) is 104 cm³/mol. The van der Waals surface area contributed by atoms with Crippen LogP contribution in [0.2, 0.25) is 0 Å². The van der Waals surface area contributed by atoms with Gasteiger partial charge in [0.1, 0.15) is 0 Å². The lowest BCUT2D eigenvalue weighted by atomic mass is 9.87. The highest BCUT2D eigenvalue weighted by Crippen LogP contribution is 2.28. The van der Waals surface area contributed by atoms with Crippen molar-refractivity contribution in [1.29, 1.82) is 0 Å². The van der Waals surface area contributed by atoms with E-state index < -0.39 is 0 Å². The minimum absolute atomic E-state index is 0.00472. The zero-order chi connectivity index (χ0) is 18.4. The fourth-order valence-electron chi connectivity index (χ4n) is 2.34. The molecular formula is C19H22N2O2S2. The topological polar surface area (TPSA) is 59.9 Å². The number of allylic oxidation sites excluding steroid dienone is 3. The van der Waals surface area contributed by atoms with Crippen molar-refractivity contribution < 1.29 is 9.59 Å². The van der Waals surface area contributed by atoms with Crippen molar-refractivity contribution in [3.05, 3.63) is 50.4 Å². The van der Waals surface area contributed by atoms with Crippen LogP contribution in [0.5, 0.6) is 0 Å². The summed E-state index contributed by atoms with van der Waals surface area (Å²) in [6.07, 6.45) is 7.14. The molecule has 0 fully saturated rings. The van der Waals surface area contributed by atoms with E-state index in [0.29, 0.717) is 6.42 Å². The molecule has 0 aliphatic heterocycles. The molecule has 0 aliphatic carbocycles. The number of nitrogens with zero attached hydrogens (tertiary/aromatic N) is 2. The summed E-state index contributed by atoms with van der Waals surface area (Å²) in [6, 6.07) is 0. The van der Waals surface area contributed by atoms with Gasteiger partial charge in [-0.3, -0.25) is 9.59 Å². The molecule has 2 heterocycles. The summed E-state index contributed by atoms with van der Waals surface area (Å²) in [7, 11) is 0. The Balaban J connectivity index is 2.20. The van der Waals surface area contributed by atoms with Crippen molar-refractivity contribution in [3.8, 4) is 0 Å². The van der Waals surface area contributed by atoms with Crippen LogP contribution in [0.3, 0.4) is 0 Å². The first-order chi connectivity index (χ1) is 11.9. The smallest absolute Gasteiger partial charge is 0.159 e. The van der Waals surface area contributed by atoms with E-state index in [1.165, 1.54) is 0 Å². The fraction of sp³-hybridized carbons (Fsp3) is 0.368. The van der Waals surface area contributed by atoms with E-state index in [1.54, 1.807) is 40.9 Å². The van der Waals surface area contributed by atoms with Gasteiger partial charge in [0.2, 0.25) is 0 Å². The molecule has 132 valence electrons. The number of carbonyl (C=O) groups excluding carboxylic acids is 2. The van der Waals surface area contributed by atoms with Gasteiger partial charge < -0.3 is 0 Å². The number of hydrogen-bond acceptors (Lipinski definition) is 6. The summed E-state index contributed by atoms with van der Waals surface area (Å²) in [6.45, 7) is 7.56. The molecule has 0 spiro atoms. The zero-order valence-electron chi connectivity index (χ0n) is 14.9. The SMILES string of the molecule is CCC(=O)C=CC(c1csc(C)n1)C(C)C(=O)C=Cc1csc(C)n1. The van der Waals surface area contributed by atoms with Gasteiger partial charge in [0.25, 0.3) is 0 Å². The number of thiazole rings is 2. The molecule has 2 aromatic rings. The van der Waals surface area contributed by atoms with Gasteiger partial charge in [-0.2, -0.15) is 0 Å². The Morgan fingerprint density at radius 1 is 1.12 bits per heavy atom. The summed E-state index contributed by atoms with van der Waals surface area (Å²) >= 11 is 3.10. The van der Waals surface area contributed by atoms with E-state index in [-0.39, 0.29) is 23.4 Å². The maximum Gasteiger partial charge on any atom is 0.159 e. The van der Waals surface area contributed by atoms with Crippen LogP contribution in [-0.4, -0.2) is 21.5 Å². The van der Waals surface area contributed by atoms with Crippen LogP contribution >= 0.6 is 22.7 Å². The molecule has 0 amide bonds. The van der Waals surface area contributed by atoms with Gasteiger partial charge in [0.05, 0.1) is 21.4 Å². The highest BCUT2D eigenvalue weighted by atomic mass is 32.1. The number of ketones is 2. The van der Waals surface area contributed by atoms with Gasteiger partial charge in [-0.15, -0.1) is 22.7 Å². The molecule has 2 atom stereocenters. The van der Waals surface area contributed by atoms with E-state index in [1.807, 2.05) is 44.5 Å². The summed E-state index contributed by atoms with van der Waals surface area (Å²) in [5.74, 6) is -0.479. The molecule has 25 heavy (non-hydrogen) atoms. The molecule has 0 aliphatic rings. The Morgan fingerprint density at radius 2 is 1.80 bits per heavy atom. The standard InChI is InChI=1S/C19H22N2O2S2/c1-5-16(22)7-8-17(18-11-25-14(4)21-18)12(2)19(23)9-6-15-10-24-13(3)20-15/h6-12,17H,5H2,1-4H3. The number of rotatable bonds is 8. The summed E-state index contributed by atoms with van der Waals surface area (Å²) in [4.78, 5) is 33.1. The average molecular weight is 375 g/mol. The van der Waals surface area contributed by atoms with Crippen LogP contribution in [-0.2, 0) is 9.59 Å². The molecule has 0 saturated heterocycles. The molecule has 2 aromatic heterocycles. The molecule has 2 rings (SSSR count). The van der Waals surface area contributed by atoms with Gasteiger partial charge in [0, 0.05) is 29.0 Å². The second kappa shape index (κ2) is 8.97. The predicted octanol–water partition coefficient (Wildman–Crippen LogP) is 4.75. The first kappa shape index (κ1) is 19.4. The molecule has 4 nitrogen and oxygen atoms in total. The van der Waals surface area contributed by atoms with Gasteiger partial charge in [-0.1, -0.05) is 19.9 Å². The van der Waals surface area contributed by atoms with E-state index in [9.17, 15) is 9.59 Å². The maximum absolute atomic E-state index is 12.6. The van der Waals surface area contributed by atoms with E-state index in [2.05, 4.69) is 9.97 Å². The largest absolute Gasteiger partial charge is 0.295 e. The van der Waals surface area contributed by atoms with Crippen molar-refractivity contribution in [3.63, 3.8) is 0 Å². The second-order valence-corrected chi connectivity index (χ2v) is 7.94. The molecule has 0 aromatic carbocycles. The second-order valence-electron chi connectivity index (χ2n) is 5.81. The zero-order valence-corrected chi connectivity index (χ0v) is 16.5. The fourth-order valence-corrected chi connectivity index (χ4v) is 3.58. The molecule has 0 saturated carbocycles. The Kier molecular flexibility index (Phi) is 6.96. The van der Waals surface area contributed by atoms with Crippen LogP contribution in [0.25, 0.3) is 6.08 Å².